The predicted octanol–water partition coefficient (Wildman–Crippen LogP) is 2.77. The van der Waals surface area contributed by atoms with Crippen LogP contribution in [0.15, 0.2) is 47.3 Å². The topological polar surface area (TPSA) is 48.0 Å². The molecule has 1 aromatic heterocycles. The first-order valence-electron chi connectivity index (χ1n) is 5.33. The van der Waals surface area contributed by atoms with E-state index in [0.29, 0.717) is 11.1 Å². The van der Waals surface area contributed by atoms with Crippen molar-refractivity contribution in [1.82, 2.24) is 3.96 Å². The number of nitrogens with zero attached hydrogens (tertiary/aromatic N) is 1. The van der Waals surface area contributed by atoms with E-state index in [1.165, 1.54) is 33.7 Å². The van der Waals surface area contributed by atoms with Gasteiger partial charge in [-0.2, -0.15) is 0 Å². The molecule has 1 heterocycles. The molecule has 0 bridgehead atoms. The lowest BCUT2D eigenvalue weighted by atomic mass is 10.2. The molecule has 2 N–H and O–H groups in total. The SMILES string of the molecule is Nc1cc(F)ccc1-n1sc2ccccc2c1=O. The quantitative estimate of drug-likeness (QED) is 0.684. The van der Waals surface area contributed by atoms with E-state index < -0.39 is 5.82 Å². The summed E-state index contributed by atoms with van der Waals surface area (Å²) in [5, 5.41) is 0.645. The molecule has 3 rings (SSSR count). The summed E-state index contributed by atoms with van der Waals surface area (Å²) in [6.45, 7) is 0. The van der Waals surface area contributed by atoms with Gasteiger partial charge in [0.05, 0.1) is 21.5 Å². The maximum Gasteiger partial charge on any atom is 0.273 e. The van der Waals surface area contributed by atoms with E-state index in [1.807, 2.05) is 18.2 Å². The molecular weight excluding hydrogens is 251 g/mol. The van der Waals surface area contributed by atoms with Crippen LogP contribution in [0.25, 0.3) is 15.8 Å². The Bertz CT molecular complexity index is 791. The Hall–Kier alpha value is -2.14. The number of hydrogen-bond donors (Lipinski definition) is 1. The lowest BCUT2D eigenvalue weighted by Crippen LogP contribution is -2.12. The second-order valence-electron chi connectivity index (χ2n) is 3.89. The zero-order valence-corrected chi connectivity index (χ0v) is 10.1. The first-order chi connectivity index (χ1) is 8.66. The van der Waals surface area contributed by atoms with Crippen LogP contribution in [-0.2, 0) is 0 Å². The minimum Gasteiger partial charge on any atom is -0.397 e. The molecule has 90 valence electrons. The average Bonchev–Trinajstić information content (AvgIpc) is 2.68. The van der Waals surface area contributed by atoms with Crippen molar-refractivity contribution in [3.05, 3.63) is 58.6 Å². The number of anilines is 1. The van der Waals surface area contributed by atoms with Gasteiger partial charge < -0.3 is 5.73 Å². The number of halogens is 1. The molecule has 0 unspecified atom stereocenters. The van der Waals surface area contributed by atoms with E-state index in [0.717, 1.165) is 4.70 Å². The maximum atomic E-state index is 13.0. The molecule has 0 amide bonds. The summed E-state index contributed by atoms with van der Waals surface area (Å²) in [4.78, 5) is 12.2. The molecule has 0 atom stereocenters. The van der Waals surface area contributed by atoms with Crippen LogP contribution in [0.3, 0.4) is 0 Å². The summed E-state index contributed by atoms with van der Waals surface area (Å²) in [5.74, 6) is -0.412. The summed E-state index contributed by atoms with van der Waals surface area (Å²) in [5.41, 5.74) is 6.39. The molecule has 3 nitrogen and oxygen atoms in total. The van der Waals surface area contributed by atoms with Gasteiger partial charge in [-0.15, -0.1) is 0 Å². The molecule has 18 heavy (non-hydrogen) atoms. The van der Waals surface area contributed by atoms with Crippen LogP contribution in [0.5, 0.6) is 0 Å². The van der Waals surface area contributed by atoms with E-state index in [9.17, 15) is 9.18 Å². The molecule has 0 spiro atoms. The number of aromatic nitrogens is 1. The monoisotopic (exact) mass is 260 g/mol. The predicted molar refractivity (Wildman–Crippen MR) is 71.8 cm³/mol. The smallest absolute Gasteiger partial charge is 0.273 e. The van der Waals surface area contributed by atoms with Crippen LogP contribution in [0.4, 0.5) is 10.1 Å². The van der Waals surface area contributed by atoms with Crippen molar-refractivity contribution in [3.8, 4) is 5.69 Å². The molecule has 0 aliphatic heterocycles. The summed E-state index contributed by atoms with van der Waals surface area (Å²) in [6.07, 6.45) is 0. The second kappa shape index (κ2) is 3.96. The highest BCUT2D eigenvalue weighted by molar-refractivity contribution is 7.14. The molecule has 3 aromatic rings. The number of fused-ring (bicyclic) bond motifs is 1. The third kappa shape index (κ3) is 1.60. The Morgan fingerprint density at radius 3 is 2.67 bits per heavy atom. The molecule has 0 aliphatic carbocycles. The summed E-state index contributed by atoms with van der Waals surface area (Å²) >= 11 is 1.30. The zero-order chi connectivity index (χ0) is 12.7. The third-order valence-corrected chi connectivity index (χ3v) is 3.80. The number of rotatable bonds is 1. The van der Waals surface area contributed by atoms with Gasteiger partial charge in [-0.1, -0.05) is 23.7 Å². The van der Waals surface area contributed by atoms with E-state index in [1.54, 1.807) is 6.07 Å². The number of nitrogen functional groups attached to an aromatic ring is 1. The molecular formula is C13H9FN2OS. The summed E-state index contributed by atoms with van der Waals surface area (Å²) < 4.78 is 15.4. The normalized spacial score (nSPS) is 10.9. The fraction of sp³-hybridized carbons (Fsp3) is 0. The second-order valence-corrected chi connectivity index (χ2v) is 4.88. The van der Waals surface area contributed by atoms with Gasteiger partial charge in [0.1, 0.15) is 5.82 Å². The summed E-state index contributed by atoms with van der Waals surface area (Å²) in [6, 6.07) is 11.4. The van der Waals surface area contributed by atoms with Gasteiger partial charge in [0.25, 0.3) is 5.56 Å². The first-order valence-corrected chi connectivity index (χ1v) is 6.10. The van der Waals surface area contributed by atoms with Crippen LogP contribution < -0.4 is 11.3 Å². The largest absolute Gasteiger partial charge is 0.397 e. The fourth-order valence-electron chi connectivity index (χ4n) is 1.84. The van der Waals surface area contributed by atoms with Crippen LogP contribution in [0, 0.1) is 5.82 Å². The first kappa shape index (κ1) is 11.0. The standard InChI is InChI=1S/C13H9FN2OS/c14-8-5-6-11(10(15)7-8)16-13(17)9-3-1-2-4-12(9)18-16/h1-7H,15H2. The Balaban J connectivity index is 2.32. The van der Waals surface area contributed by atoms with Crippen LogP contribution in [0.1, 0.15) is 0 Å². The van der Waals surface area contributed by atoms with Crippen LogP contribution in [0.2, 0.25) is 0 Å². The van der Waals surface area contributed by atoms with Crippen molar-refractivity contribution in [1.29, 1.82) is 0 Å². The van der Waals surface area contributed by atoms with Gasteiger partial charge in [-0.05, 0) is 30.3 Å². The molecule has 5 heteroatoms. The van der Waals surface area contributed by atoms with Gasteiger partial charge >= 0.3 is 0 Å². The van der Waals surface area contributed by atoms with Gasteiger partial charge in [0.2, 0.25) is 0 Å². The Morgan fingerprint density at radius 1 is 1.17 bits per heavy atom. The van der Waals surface area contributed by atoms with E-state index >= 15 is 0 Å². The maximum absolute atomic E-state index is 13.0. The average molecular weight is 260 g/mol. The molecule has 0 saturated heterocycles. The number of hydrogen-bond acceptors (Lipinski definition) is 3. The van der Waals surface area contributed by atoms with Gasteiger partial charge in [0.15, 0.2) is 0 Å². The van der Waals surface area contributed by atoms with Crippen molar-refractivity contribution in [2.24, 2.45) is 0 Å². The molecule has 0 aliphatic rings. The third-order valence-electron chi connectivity index (χ3n) is 2.70. The fourth-order valence-corrected chi connectivity index (χ4v) is 2.88. The highest BCUT2D eigenvalue weighted by Crippen LogP contribution is 2.23. The lowest BCUT2D eigenvalue weighted by Gasteiger charge is -2.04. The van der Waals surface area contributed by atoms with Gasteiger partial charge in [-0.25, -0.2) is 8.35 Å². The van der Waals surface area contributed by atoms with Crippen molar-refractivity contribution < 1.29 is 4.39 Å². The molecule has 2 aromatic carbocycles. The minimum absolute atomic E-state index is 0.131. The van der Waals surface area contributed by atoms with Gasteiger partial charge in [-0.3, -0.25) is 4.79 Å². The van der Waals surface area contributed by atoms with Crippen molar-refractivity contribution in [2.75, 3.05) is 5.73 Å². The lowest BCUT2D eigenvalue weighted by molar-refractivity contribution is 0.628. The van der Waals surface area contributed by atoms with E-state index in [-0.39, 0.29) is 11.2 Å². The Morgan fingerprint density at radius 2 is 1.94 bits per heavy atom. The highest BCUT2D eigenvalue weighted by Gasteiger charge is 2.11. The number of nitrogens with two attached hydrogens (primary N) is 1. The Kier molecular flexibility index (Phi) is 2.41. The molecule has 0 saturated carbocycles. The van der Waals surface area contributed by atoms with E-state index in [2.05, 4.69) is 0 Å². The van der Waals surface area contributed by atoms with Crippen molar-refractivity contribution in [3.63, 3.8) is 0 Å². The minimum atomic E-state index is -0.412. The molecule has 0 radical (unpaired) electrons. The highest BCUT2D eigenvalue weighted by atomic mass is 32.1. The van der Waals surface area contributed by atoms with Crippen LogP contribution >= 0.6 is 11.5 Å². The van der Waals surface area contributed by atoms with Crippen molar-refractivity contribution in [2.45, 2.75) is 0 Å². The van der Waals surface area contributed by atoms with E-state index in [4.69, 9.17) is 5.73 Å². The molecule has 0 fully saturated rings. The zero-order valence-electron chi connectivity index (χ0n) is 9.26. The Labute approximate surface area is 106 Å². The number of benzene rings is 2. The van der Waals surface area contributed by atoms with Crippen molar-refractivity contribution >= 4 is 27.3 Å². The van der Waals surface area contributed by atoms with Crippen LogP contribution in [-0.4, -0.2) is 3.96 Å². The van der Waals surface area contributed by atoms with Gasteiger partial charge in [0, 0.05) is 0 Å². The summed E-state index contributed by atoms with van der Waals surface area (Å²) in [7, 11) is 0.